The van der Waals surface area contributed by atoms with E-state index in [1.54, 1.807) is 4.90 Å². The second-order valence-electron chi connectivity index (χ2n) is 8.46. The number of carbonyl (C=O) groups is 2. The summed E-state index contributed by atoms with van der Waals surface area (Å²) in [6.07, 6.45) is 6.15. The van der Waals surface area contributed by atoms with Crippen LogP contribution >= 0.6 is 0 Å². The van der Waals surface area contributed by atoms with Gasteiger partial charge in [0.1, 0.15) is 5.78 Å². The Morgan fingerprint density at radius 3 is 2.36 bits per heavy atom. The van der Waals surface area contributed by atoms with Gasteiger partial charge in [-0.1, -0.05) is 20.8 Å². The fraction of sp³-hybridized carbons (Fsp3) is 0.889. The highest BCUT2D eigenvalue weighted by Crippen LogP contribution is 2.70. The van der Waals surface area contributed by atoms with Crippen molar-refractivity contribution in [3.63, 3.8) is 0 Å². The molecule has 0 aromatic rings. The molecule has 2 saturated carbocycles. The molecule has 2 atom stereocenters. The number of amides is 1. The number of quaternary nitrogens is 1. The van der Waals surface area contributed by atoms with Crippen LogP contribution < -0.4 is 10.2 Å². The molecule has 124 valence electrons. The molecule has 2 bridgehead atoms. The molecule has 0 radical (unpaired) electrons. The van der Waals surface area contributed by atoms with Crippen molar-refractivity contribution < 1.29 is 14.5 Å². The van der Waals surface area contributed by atoms with Crippen molar-refractivity contribution in [3.05, 3.63) is 0 Å². The lowest BCUT2D eigenvalue weighted by Gasteiger charge is -2.38. The van der Waals surface area contributed by atoms with E-state index in [2.05, 4.69) is 26.1 Å². The molecule has 1 heterocycles. The number of nitrogens with one attached hydrogen (secondary N) is 2. The van der Waals surface area contributed by atoms with Crippen LogP contribution in [0.25, 0.3) is 0 Å². The third-order valence-corrected chi connectivity index (χ3v) is 7.46. The zero-order valence-electron chi connectivity index (χ0n) is 14.4. The van der Waals surface area contributed by atoms with Gasteiger partial charge in [-0.15, -0.1) is 0 Å². The Morgan fingerprint density at radius 2 is 1.82 bits per heavy atom. The molecule has 1 saturated heterocycles. The first kappa shape index (κ1) is 16.0. The minimum absolute atomic E-state index is 0.128. The van der Waals surface area contributed by atoms with Gasteiger partial charge in [0.15, 0.2) is 0 Å². The average molecular weight is 307 g/mol. The van der Waals surface area contributed by atoms with Crippen molar-refractivity contribution in [2.24, 2.45) is 16.2 Å². The highest BCUT2D eigenvalue weighted by molar-refractivity contribution is 5.99. The van der Waals surface area contributed by atoms with E-state index < -0.39 is 5.41 Å². The summed E-state index contributed by atoms with van der Waals surface area (Å²) in [7, 11) is 0. The van der Waals surface area contributed by atoms with E-state index in [1.165, 1.54) is 32.4 Å². The van der Waals surface area contributed by atoms with Gasteiger partial charge in [0, 0.05) is 11.8 Å². The predicted octanol–water partition coefficient (Wildman–Crippen LogP) is 0.957. The van der Waals surface area contributed by atoms with Gasteiger partial charge in [-0.05, 0) is 37.5 Å². The Labute approximate surface area is 134 Å². The second-order valence-corrected chi connectivity index (χ2v) is 8.46. The Morgan fingerprint density at radius 1 is 1.14 bits per heavy atom. The average Bonchev–Trinajstić information content (AvgIpc) is 2.78. The maximum Gasteiger partial charge on any atom is 0.227 e. The Bertz CT molecular complexity index is 481. The SMILES string of the molecule is CC12CCC(C(=O)NCC[NH+]3CCCCC3)(CC1=O)C2(C)C. The van der Waals surface area contributed by atoms with E-state index in [1.807, 2.05) is 0 Å². The van der Waals surface area contributed by atoms with Gasteiger partial charge >= 0.3 is 0 Å². The summed E-state index contributed by atoms with van der Waals surface area (Å²) in [5, 5.41) is 3.17. The van der Waals surface area contributed by atoms with Gasteiger partial charge in [-0.2, -0.15) is 0 Å². The fourth-order valence-electron chi connectivity index (χ4n) is 5.18. The summed E-state index contributed by atoms with van der Waals surface area (Å²) in [6, 6.07) is 0. The van der Waals surface area contributed by atoms with E-state index in [9.17, 15) is 9.59 Å². The highest BCUT2D eigenvalue weighted by Gasteiger charge is 2.72. The maximum absolute atomic E-state index is 12.9. The lowest BCUT2D eigenvalue weighted by atomic mass is 9.64. The summed E-state index contributed by atoms with van der Waals surface area (Å²) in [5.74, 6) is 0.420. The van der Waals surface area contributed by atoms with Crippen LogP contribution in [-0.2, 0) is 9.59 Å². The zero-order chi connectivity index (χ0) is 16.0. The van der Waals surface area contributed by atoms with Gasteiger partial charge in [0.25, 0.3) is 0 Å². The topological polar surface area (TPSA) is 50.6 Å². The van der Waals surface area contributed by atoms with Gasteiger partial charge in [-0.25, -0.2) is 0 Å². The first-order valence-electron chi connectivity index (χ1n) is 8.99. The largest absolute Gasteiger partial charge is 0.350 e. The smallest absolute Gasteiger partial charge is 0.227 e. The van der Waals surface area contributed by atoms with Crippen LogP contribution in [0.1, 0.15) is 59.3 Å². The number of likely N-dealkylation sites (tertiary alicyclic amines) is 1. The Balaban J connectivity index is 1.61. The molecule has 2 aliphatic carbocycles. The molecule has 3 rings (SSSR count). The quantitative estimate of drug-likeness (QED) is 0.813. The second kappa shape index (κ2) is 5.33. The molecule has 2 N–H and O–H groups in total. The normalized spacial score (nSPS) is 37.5. The Kier molecular flexibility index (Phi) is 3.87. The first-order chi connectivity index (χ1) is 10.3. The standard InChI is InChI=1S/C18H30N2O2/c1-16(2)17(3)7-8-18(16,13-14(17)21)15(22)19-9-12-20-10-5-4-6-11-20/h4-13H2,1-3H3,(H,19,22)/p+1. The van der Waals surface area contributed by atoms with E-state index in [-0.39, 0.29) is 16.7 Å². The summed E-state index contributed by atoms with van der Waals surface area (Å²) in [5.41, 5.74) is -0.988. The van der Waals surface area contributed by atoms with Crippen LogP contribution in [0.3, 0.4) is 0 Å². The third kappa shape index (κ3) is 2.06. The van der Waals surface area contributed by atoms with Crippen LogP contribution in [0.2, 0.25) is 0 Å². The Hall–Kier alpha value is -0.900. The van der Waals surface area contributed by atoms with Crippen molar-refractivity contribution in [2.45, 2.75) is 59.3 Å². The molecule has 4 nitrogen and oxygen atoms in total. The molecule has 0 aromatic carbocycles. The molecule has 1 amide bonds. The van der Waals surface area contributed by atoms with Gasteiger partial charge < -0.3 is 10.2 Å². The van der Waals surface area contributed by atoms with Crippen molar-refractivity contribution in [3.8, 4) is 0 Å². The number of carbonyl (C=O) groups excluding carboxylic acids is 2. The fourth-order valence-corrected chi connectivity index (χ4v) is 5.18. The number of Topliss-reactive ketones (excluding diaryl/α,β-unsaturated/α-hetero) is 1. The third-order valence-electron chi connectivity index (χ3n) is 7.46. The van der Waals surface area contributed by atoms with Gasteiger partial charge in [0.2, 0.25) is 5.91 Å². The number of hydrogen-bond acceptors (Lipinski definition) is 2. The number of fused-ring (bicyclic) bond motifs is 2. The van der Waals surface area contributed by atoms with E-state index in [0.29, 0.717) is 12.2 Å². The van der Waals surface area contributed by atoms with Crippen LogP contribution in [0.4, 0.5) is 0 Å². The number of rotatable bonds is 4. The van der Waals surface area contributed by atoms with Crippen molar-refractivity contribution in [1.82, 2.24) is 5.32 Å². The summed E-state index contributed by atoms with van der Waals surface area (Å²) in [6.45, 7) is 10.6. The molecule has 1 aliphatic heterocycles. The molecule has 0 spiro atoms. The minimum Gasteiger partial charge on any atom is -0.350 e. The summed E-state index contributed by atoms with van der Waals surface area (Å²) < 4.78 is 0. The molecule has 22 heavy (non-hydrogen) atoms. The molecule has 2 unspecified atom stereocenters. The molecule has 0 aromatic heterocycles. The van der Waals surface area contributed by atoms with Crippen molar-refractivity contribution >= 4 is 11.7 Å². The van der Waals surface area contributed by atoms with E-state index >= 15 is 0 Å². The summed E-state index contributed by atoms with van der Waals surface area (Å²) >= 11 is 0. The van der Waals surface area contributed by atoms with Crippen LogP contribution in [0.5, 0.6) is 0 Å². The van der Waals surface area contributed by atoms with E-state index in [4.69, 9.17) is 0 Å². The minimum atomic E-state index is -0.462. The predicted molar refractivity (Wildman–Crippen MR) is 85.6 cm³/mol. The maximum atomic E-state index is 12.9. The molecule has 4 heteroatoms. The lowest BCUT2D eigenvalue weighted by molar-refractivity contribution is -0.903. The van der Waals surface area contributed by atoms with Crippen LogP contribution in [-0.4, -0.2) is 37.9 Å². The zero-order valence-corrected chi connectivity index (χ0v) is 14.4. The lowest BCUT2D eigenvalue weighted by Crippen LogP contribution is -3.13. The molecular formula is C18H31N2O2+. The van der Waals surface area contributed by atoms with Gasteiger partial charge in [-0.3, -0.25) is 9.59 Å². The van der Waals surface area contributed by atoms with Crippen molar-refractivity contribution in [2.75, 3.05) is 26.2 Å². The molecule has 3 aliphatic rings. The number of ketones is 1. The van der Waals surface area contributed by atoms with Crippen molar-refractivity contribution in [1.29, 1.82) is 0 Å². The molecular weight excluding hydrogens is 276 g/mol. The first-order valence-corrected chi connectivity index (χ1v) is 8.99. The van der Waals surface area contributed by atoms with E-state index in [0.717, 1.165) is 25.9 Å². The highest BCUT2D eigenvalue weighted by atomic mass is 16.2. The van der Waals surface area contributed by atoms with Crippen LogP contribution in [0.15, 0.2) is 0 Å². The number of piperidine rings is 1. The molecule has 3 fully saturated rings. The number of hydrogen-bond donors (Lipinski definition) is 2. The summed E-state index contributed by atoms with van der Waals surface area (Å²) in [4.78, 5) is 26.9. The van der Waals surface area contributed by atoms with Crippen LogP contribution in [0, 0.1) is 16.2 Å². The van der Waals surface area contributed by atoms with Gasteiger partial charge in [0.05, 0.1) is 31.6 Å². The monoisotopic (exact) mass is 307 g/mol.